The Morgan fingerprint density at radius 2 is 2.10 bits per heavy atom. The number of anilines is 1. The average Bonchev–Trinajstić information content (AvgIpc) is 2.46. The predicted octanol–water partition coefficient (Wildman–Crippen LogP) is 2.52. The minimum Gasteiger partial charge on any atom is -0.366 e. The van der Waals surface area contributed by atoms with Gasteiger partial charge in [-0.25, -0.2) is 4.39 Å². The molecule has 2 saturated heterocycles. The van der Waals surface area contributed by atoms with Gasteiger partial charge in [-0.05, 0) is 37.9 Å². The van der Waals surface area contributed by atoms with Crippen molar-refractivity contribution >= 4 is 5.69 Å². The molecule has 3 rings (SSSR count). The van der Waals surface area contributed by atoms with Gasteiger partial charge in [-0.1, -0.05) is 18.6 Å². The van der Waals surface area contributed by atoms with Crippen molar-refractivity contribution in [3.05, 3.63) is 29.6 Å². The highest BCUT2D eigenvalue weighted by molar-refractivity contribution is 5.56. The predicted molar refractivity (Wildman–Crippen MR) is 80.4 cm³/mol. The summed E-state index contributed by atoms with van der Waals surface area (Å²) in [4.78, 5) is 4.77. The van der Waals surface area contributed by atoms with Crippen LogP contribution in [0.4, 0.5) is 10.1 Å². The summed E-state index contributed by atoms with van der Waals surface area (Å²) in [5.74, 6) is -0.135. The first-order chi connectivity index (χ1) is 9.66. The van der Waals surface area contributed by atoms with Crippen molar-refractivity contribution < 1.29 is 4.39 Å². The summed E-state index contributed by atoms with van der Waals surface area (Å²) in [6.45, 7) is 6.00. The standard InChI is InChI=1S/C16H24FN3/c1-12(18)14-6-4-7-15(17)16(14)20-10-9-19-8-3-2-5-13(19)11-20/h4,6-7,12-13H,2-3,5,8-11,18H2,1H3. The minimum atomic E-state index is -0.135. The molecular weight excluding hydrogens is 253 g/mol. The number of fused-ring (bicyclic) bond motifs is 1. The highest BCUT2D eigenvalue weighted by atomic mass is 19.1. The Labute approximate surface area is 120 Å². The highest BCUT2D eigenvalue weighted by Gasteiger charge is 2.31. The lowest BCUT2D eigenvalue weighted by Crippen LogP contribution is -2.55. The van der Waals surface area contributed by atoms with Crippen LogP contribution in [0.1, 0.15) is 37.8 Å². The Bertz CT molecular complexity index is 475. The first kappa shape index (κ1) is 13.8. The molecule has 1 aromatic rings. The van der Waals surface area contributed by atoms with E-state index in [2.05, 4.69) is 9.80 Å². The molecule has 20 heavy (non-hydrogen) atoms. The van der Waals surface area contributed by atoms with E-state index in [9.17, 15) is 4.39 Å². The summed E-state index contributed by atoms with van der Waals surface area (Å²) in [6, 6.07) is 5.71. The number of benzene rings is 1. The van der Waals surface area contributed by atoms with Gasteiger partial charge in [-0.15, -0.1) is 0 Å². The Hall–Kier alpha value is -1.13. The highest BCUT2D eigenvalue weighted by Crippen LogP contribution is 2.31. The fourth-order valence-electron chi connectivity index (χ4n) is 3.59. The summed E-state index contributed by atoms with van der Waals surface area (Å²) < 4.78 is 14.3. The molecule has 3 nitrogen and oxygen atoms in total. The number of para-hydroxylation sites is 1. The number of nitrogens with two attached hydrogens (primary N) is 1. The molecule has 110 valence electrons. The summed E-state index contributed by atoms with van der Waals surface area (Å²) in [6.07, 6.45) is 3.84. The first-order valence-electron chi connectivity index (χ1n) is 7.70. The largest absolute Gasteiger partial charge is 0.366 e. The maximum Gasteiger partial charge on any atom is 0.146 e. The molecule has 2 N–H and O–H groups in total. The fraction of sp³-hybridized carbons (Fsp3) is 0.625. The third-order valence-corrected chi connectivity index (χ3v) is 4.66. The Balaban J connectivity index is 1.86. The number of halogens is 1. The van der Waals surface area contributed by atoms with E-state index in [1.165, 1.54) is 25.8 Å². The Kier molecular flexibility index (Phi) is 3.94. The second kappa shape index (κ2) is 5.70. The van der Waals surface area contributed by atoms with E-state index in [1.54, 1.807) is 12.1 Å². The van der Waals surface area contributed by atoms with Gasteiger partial charge in [0.05, 0.1) is 5.69 Å². The van der Waals surface area contributed by atoms with Crippen molar-refractivity contribution in [2.75, 3.05) is 31.1 Å². The van der Waals surface area contributed by atoms with E-state index in [0.29, 0.717) is 6.04 Å². The molecule has 2 atom stereocenters. The van der Waals surface area contributed by atoms with Crippen LogP contribution in [0.25, 0.3) is 0 Å². The van der Waals surface area contributed by atoms with Crippen molar-refractivity contribution in [1.82, 2.24) is 4.90 Å². The van der Waals surface area contributed by atoms with Gasteiger partial charge in [0.1, 0.15) is 5.82 Å². The maximum absolute atomic E-state index is 14.3. The molecule has 2 aliphatic rings. The van der Waals surface area contributed by atoms with E-state index in [0.717, 1.165) is 30.9 Å². The molecule has 2 heterocycles. The van der Waals surface area contributed by atoms with Crippen LogP contribution in [0.5, 0.6) is 0 Å². The number of piperidine rings is 1. The molecule has 0 aromatic heterocycles. The minimum absolute atomic E-state index is 0.134. The van der Waals surface area contributed by atoms with Crippen molar-refractivity contribution in [3.8, 4) is 0 Å². The first-order valence-corrected chi connectivity index (χ1v) is 7.70. The molecule has 0 aliphatic carbocycles. The SMILES string of the molecule is CC(N)c1cccc(F)c1N1CCN2CCCCC2C1. The van der Waals surface area contributed by atoms with Crippen LogP contribution < -0.4 is 10.6 Å². The summed E-state index contributed by atoms with van der Waals surface area (Å²) in [5, 5.41) is 0. The molecule has 0 radical (unpaired) electrons. The lowest BCUT2D eigenvalue weighted by molar-refractivity contribution is 0.133. The Morgan fingerprint density at radius 3 is 2.90 bits per heavy atom. The molecule has 2 fully saturated rings. The summed E-state index contributed by atoms with van der Waals surface area (Å²) >= 11 is 0. The van der Waals surface area contributed by atoms with E-state index < -0.39 is 0 Å². The van der Waals surface area contributed by atoms with Crippen LogP contribution in [0.2, 0.25) is 0 Å². The van der Waals surface area contributed by atoms with Gasteiger partial charge in [-0.3, -0.25) is 4.90 Å². The molecule has 0 amide bonds. The molecule has 2 aliphatic heterocycles. The number of rotatable bonds is 2. The van der Waals surface area contributed by atoms with Crippen LogP contribution in [-0.2, 0) is 0 Å². The fourth-order valence-corrected chi connectivity index (χ4v) is 3.59. The normalized spacial score (nSPS) is 25.4. The monoisotopic (exact) mass is 277 g/mol. The maximum atomic E-state index is 14.3. The van der Waals surface area contributed by atoms with Gasteiger partial charge in [0.25, 0.3) is 0 Å². The van der Waals surface area contributed by atoms with Crippen molar-refractivity contribution in [2.45, 2.75) is 38.3 Å². The van der Waals surface area contributed by atoms with E-state index in [-0.39, 0.29) is 11.9 Å². The van der Waals surface area contributed by atoms with Crippen molar-refractivity contribution in [3.63, 3.8) is 0 Å². The lowest BCUT2D eigenvalue weighted by atomic mass is 9.97. The Morgan fingerprint density at radius 1 is 1.25 bits per heavy atom. The molecule has 4 heteroatoms. The zero-order chi connectivity index (χ0) is 14.1. The zero-order valence-electron chi connectivity index (χ0n) is 12.2. The summed E-state index contributed by atoms with van der Waals surface area (Å²) in [7, 11) is 0. The number of hydrogen-bond donors (Lipinski definition) is 1. The van der Waals surface area contributed by atoms with Gasteiger partial charge in [0.15, 0.2) is 0 Å². The molecule has 0 bridgehead atoms. The van der Waals surface area contributed by atoms with Crippen LogP contribution in [0.3, 0.4) is 0 Å². The molecule has 1 aromatic carbocycles. The van der Waals surface area contributed by atoms with Crippen molar-refractivity contribution in [1.29, 1.82) is 0 Å². The number of hydrogen-bond acceptors (Lipinski definition) is 3. The van der Waals surface area contributed by atoms with Crippen LogP contribution >= 0.6 is 0 Å². The average molecular weight is 277 g/mol. The third-order valence-electron chi connectivity index (χ3n) is 4.66. The van der Waals surface area contributed by atoms with E-state index in [4.69, 9.17) is 5.73 Å². The second-order valence-corrected chi connectivity index (χ2v) is 6.10. The lowest BCUT2D eigenvalue weighted by Gasteiger charge is -2.45. The van der Waals surface area contributed by atoms with E-state index >= 15 is 0 Å². The van der Waals surface area contributed by atoms with Gasteiger partial charge in [-0.2, -0.15) is 0 Å². The topological polar surface area (TPSA) is 32.5 Å². The van der Waals surface area contributed by atoms with Crippen LogP contribution in [0.15, 0.2) is 18.2 Å². The van der Waals surface area contributed by atoms with E-state index in [1.807, 2.05) is 13.0 Å². The van der Waals surface area contributed by atoms with Crippen LogP contribution in [0, 0.1) is 5.82 Å². The quantitative estimate of drug-likeness (QED) is 0.901. The summed E-state index contributed by atoms with van der Waals surface area (Å²) in [5.41, 5.74) is 7.67. The van der Waals surface area contributed by atoms with Gasteiger partial charge in [0, 0.05) is 31.7 Å². The zero-order valence-corrected chi connectivity index (χ0v) is 12.2. The second-order valence-electron chi connectivity index (χ2n) is 6.10. The molecule has 0 saturated carbocycles. The third kappa shape index (κ3) is 2.54. The number of nitrogens with zero attached hydrogens (tertiary/aromatic N) is 2. The van der Waals surface area contributed by atoms with Crippen LogP contribution in [-0.4, -0.2) is 37.1 Å². The number of piperazine rings is 1. The molecule has 2 unspecified atom stereocenters. The van der Waals surface area contributed by atoms with Crippen molar-refractivity contribution in [2.24, 2.45) is 5.73 Å². The molecule has 0 spiro atoms. The van der Waals surface area contributed by atoms with Gasteiger partial charge in [0.2, 0.25) is 0 Å². The van der Waals surface area contributed by atoms with Gasteiger partial charge >= 0.3 is 0 Å². The van der Waals surface area contributed by atoms with Gasteiger partial charge < -0.3 is 10.6 Å². The smallest absolute Gasteiger partial charge is 0.146 e. The molecular formula is C16H24FN3.